The molecule has 2 atom stereocenters. The number of benzene rings is 1. The van der Waals surface area contributed by atoms with E-state index in [4.69, 9.17) is 9.47 Å². The van der Waals surface area contributed by atoms with Crippen molar-refractivity contribution in [3.8, 4) is 5.75 Å². The standard InChI is InChI=1S/C19H31NO3/c1-8-10-19(6,22-7)18(21)20-16-11-13(3)17(14(4)12-16)23-15(5)9-2/h11-12,15H,8-10H2,1-7H3,(H,20,21)/t15-,19+/m0/s1. The van der Waals surface area contributed by atoms with E-state index in [1.807, 2.05) is 39.8 Å². The Morgan fingerprint density at radius 3 is 2.26 bits per heavy atom. The number of carbonyl (C=O) groups excluding carboxylic acids is 1. The smallest absolute Gasteiger partial charge is 0.256 e. The molecule has 1 amide bonds. The summed E-state index contributed by atoms with van der Waals surface area (Å²) in [5, 5.41) is 2.97. The Labute approximate surface area is 140 Å². The van der Waals surface area contributed by atoms with Crippen molar-refractivity contribution in [2.45, 2.75) is 72.5 Å². The molecule has 0 fully saturated rings. The van der Waals surface area contributed by atoms with E-state index in [2.05, 4.69) is 19.2 Å². The maximum absolute atomic E-state index is 12.5. The predicted octanol–water partition coefficient (Wildman–Crippen LogP) is 4.62. The molecule has 1 aromatic rings. The highest BCUT2D eigenvalue weighted by Crippen LogP contribution is 2.29. The van der Waals surface area contributed by atoms with E-state index in [9.17, 15) is 4.79 Å². The van der Waals surface area contributed by atoms with Crippen molar-refractivity contribution in [3.05, 3.63) is 23.3 Å². The van der Waals surface area contributed by atoms with Gasteiger partial charge in [0.25, 0.3) is 5.91 Å². The number of amides is 1. The zero-order valence-electron chi connectivity index (χ0n) is 15.6. The molecule has 0 bridgehead atoms. The zero-order chi connectivity index (χ0) is 17.6. The number of methoxy groups -OCH3 is 1. The first kappa shape index (κ1) is 19.5. The van der Waals surface area contributed by atoms with Gasteiger partial charge in [-0.05, 0) is 63.8 Å². The molecule has 0 spiro atoms. The second-order valence-electron chi connectivity index (χ2n) is 6.41. The maximum atomic E-state index is 12.5. The Kier molecular flexibility index (Phi) is 7.07. The number of rotatable bonds is 8. The molecule has 0 aliphatic rings. The molecule has 0 saturated heterocycles. The van der Waals surface area contributed by atoms with Crippen LogP contribution in [0.25, 0.3) is 0 Å². The molecule has 130 valence electrons. The van der Waals surface area contributed by atoms with Gasteiger partial charge in [-0.2, -0.15) is 0 Å². The van der Waals surface area contributed by atoms with Gasteiger partial charge < -0.3 is 14.8 Å². The van der Waals surface area contributed by atoms with Crippen molar-refractivity contribution in [1.82, 2.24) is 0 Å². The Morgan fingerprint density at radius 2 is 1.83 bits per heavy atom. The second kappa shape index (κ2) is 8.34. The summed E-state index contributed by atoms with van der Waals surface area (Å²) in [6, 6.07) is 3.90. The van der Waals surface area contributed by atoms with Crippen LogP contribution < -0.4 is 10.1 Å². The normalized spacial score (nSPS) is 14.9. The minimum Gasteiger partial charge on any atom is -0.490 e. The third-order valence-electron chi connectivity index (χ3n) is 4.27. The first-order valence-electron chi connectivity index (χ1n) is 8.41. The third-order valence-corrected chi connectivity index (χ3v) is 4.27. The maximum Gasteiger partial charge on any atom is 0.256 e. The Morgan fingerprint density at radius 1 is 1.26 bits per heavy atom. The minimum atomic E-state index is -0.803. The number of ether oxygens (including phenoxy) is 2. The second-order valence-corrected chi connectivity index (χ2v) is 6.41. The van der Waals surface area contributed by atoms with Crippen LogP contribution in [0.2, 0.25) is 0 Å². The molecule has 0 aromatic heterocycles. The van der Waals surface area contributed by atoms with Crippen LogP contribution in [-0.4, -0.2) is 24.7 Å². The summed E-state index contributed by atoms with van der Waals surface area (Å²) in [6.45, 7) is 12.0. The lowest BCUT2D eigenvalue weighted by atomic mass is 9.99. The molecule has 0 aliphatic heterocycles. The van der Waals surface area contributed by atoms with Crippen molar-refractivity contribution in [2.24, 2.45) is 0 Å². The number of anilines is 1. The van der Waals surface area contributed by atoms with Crippen LogP contribution in [0.1, 0.15) is 58.1 Å². The monoisotopic (exact) mass is 321 g/mol. The van der Waals surface area contributed by atoms with Crippen molar-refractivity contribution in [3.63, 3.8) is 0 Å². The van der Waals surface area contributed by atoms with Crippen molar-refractivity contribution < 1.29 is 14.3 Å². The van der Waals surface area contributed by atoms with Gasteiger partial charge in [-0.15, -0.1) is 0 Å². The van der Waals surface area contributed by atoms with Crippen molar-refractivity contribution in [1.29, 1.82) is 0 Å². The van der Waals surface area contributed by atoms with Crippen LogP contribution in [0, 0.1) is 13.8 Å². The number of aryl methyl sites for hydroxylation is 2. The van der Waals surface area contributed by atoms with E-state index >= 15 is 0 Å². The summed E-state index contributed by atoms with van der Waals surface area (Å²) in [5.41, 5.74) is 2.02. The number of hydrogen-bond acceptors (Lipinski definition) is 3. The van der Waals surface area contributed by atoms with Gasteiger partial charge in [-0.3, -0.25) is 4.79 Å². The molecule has 0 saturated carbocycles. The van der Waals surface area contributed by atoms with E-state index in [1.54, 1.807) is 7.11 Å². The van der Waals surface area contributed by atoms with Gasteiger partial charge >= 0.3 is 0 Å². The molecule has 4 heteroatoms. The molecular weight excluding hydrogens is 290 g/mol. The predicted molar refractivity (Wildman–Crippen MR) is 95.2 cm³/mol. The van der Waals surface area contributed by atoms with Crippen LogP contribution >= 0.6 is 0 Å². The lowest BCUT2D eigenvalue weighted by Crippen LogP contribution is -2.41. The Balaban J connectivity index is 2.97. The summed E-state index contributed by atoms with van der Waals surface area (Å²) >= 11 is 0. The topological polar surface area (TPSA) is 47.6 Å². The van der Waals surface area contributed by atoms with Gasteiger partial charge in [-0.1, -0.05) is 20.3 Å². The van der Waals surface area contributed by atoms with E-state index in [0.29, 0.717) is 6.42 Å². The third kappa shape index (κ3) is 4.96. The summed E-state index contributed by atoms with van der Waals surface area (Å²) in [7, 11) is 1.58. The molecule has 0 aliphatic carbocycles. The number of carbonyl (C=O) groups is 1. The largest absolute Gasteiger partial charge is 0.490 e. The average molecular weight is 321 g/mol. The quantitative estimate of drug-likeness (QED) is 0.759. The van der Waals surface area contributed by atoms with Gasteiger partial charge in [-0.25, -0.2) is 0 Å². The molecule has 23 heavy (non-hydrogen) atoms. The molecule has 1 aromatic carbocycles. The fourth-order valence-electron chi connectivity index (χ4n) is 2.54. The molecule has 4 nitrogen and oxygen atoms in total. The van der Waals surface area contributed by atoms with Gasteiger partial charge in [0.1, 0.15) is 11.4 Å². The lowest BCUT2D eigenvalue weighted by molar-refractivity contribution is -0.136. The fourth-order valence-corrected chi connectivity index (χ4v) is 2.54. The van der Waals surface area contributed by atoms with Gasteiger partial charge in [0, 0.05) is 12.8 Å². The van der Waals surface area contributed by atoms with E-state index < -0.39 is 5.60 Å². The van der Waals surface area contributed by atoms with Crippen molar-refractivity contribution >= 4 is 11.6 Å². The highest BCUT2D eigenvalue weighted by Gasteiger charge is 2.32. The van der Waals surface area contributed by atoms with Crippen molar-refractivity contribution in [2.75, 3.05) is 12.4 Å². The van der Waals surface area contributed by atoms with Crippen LogP contribution in [0.5, 0.6) is 5.75 Å². The number of hydrogen-bond donors (Lipinski definition) is 1. The van der Waals surface area contributed by atoms with Crippen LogP contribution in [-0.2, 0) is 9.53 Å². The summed E-state index contributed by atoms with van der Waals surface area (Å²) < 4.78 is 11.4. The first-order chi connectivity index (χ1) is 10.8. The van der Waals surface area contributed by atoms with Crippen LogP contribution in [0.15, 0.2) is 12.1 Å². The van der Waals surface area contributed by atoms with E-state index in [-0.39, 0.29) is 12.0 Å². The fraction of sp³-hybridized carbons (Fsp3) is 0.632. The Bertz CT molecular complexity index is 518. The SMILES string of the molecule is CCC[C@@](C)(OC)C(=O)Nc1cc(C)c(O[C@@H](C)CC)c(C)c1. The van der Waals surface area contributed by atoms with Gasteiger partial charge in [0.15, 0.2) is 0 Å². The summed E-state index contributed by atoms with van der Waals surface area (Å²) in [4.78, 5) is 12.5. The first-order valence-corrected chi connectivity index (χ1v) is 8.41. The zero-order valence-corrected chi connectivity index (χ0v) is 15.6. The van der Waals surface area contributed by atoms with E-state index in [1.165, 1.54) is 0 Å². The van der Waals surface area contributed by atoms with Crippen LogP contribution in [0.3, 0.4) is 0 Å². The highest BCUT2D eigenvalue weighted by molar-refractivity contribution is 5.97. The molecule has 0 heterocycles. The molecule has 0 radical (unpaired) electrons. The lowest BCUT2D eigenvalue weighted by Gasteiger charge is -2.26. The highest BCUT2D eigenvalue weighted by atomic mass is 16.5. The summed E-state index contributed by atoms with van der Waals surface area (Å²) in [6.07, 6.45) is 2.70. The molecule has 0 unspecified atom stereocenters. The summed E-state index contributed by atoms with van der Waals surface area (Å²) in [5.74, 6) is 0.789. The Hall–Kier alpha value is -1.55. The molecule has 1 rings (SSSR count). The molecular formula is C19H31NO3. The average Bonchev–Trinajstić information content (AvgIpc) is 2.50. The molecule has 1 N–H and O–H groups in total. The van der Waals surface area contributed by atoms with Crippen LogP contribution in [0.4, 0.5) is 5.69 Å². The van der Waals surface area contributed by atoms with Gasteiger partial charge in [0.2, 0.25) is 0 Å². The van der Waals surface area contributed by atoms with E-state index in [0.717, 1.165) is 35.4 Å². The number of nitrogens with one attached hydrogen (secondary N) is 1. The minimum absolute atomic E-state index is 0.115. The van der Waals surface area contributed by atoms with Gasteiger partial charge in [0.05, 0.1) is 6.10 Å².